The molecule has 0 atom stereocenters. The van der Waals surface area contributed by atoms with Gasteiger partial charge in [0.2, 0.25) is 0 Å². The van der Waals surface area contributed by atoms with Crippen LogP contribution < -0.4 is 15.8 Å². The summed E-state index contributed by atoms with van der Waals surface area (Å²) < 4.78 is 44.4. The van der Waals surface area contributed by atoms with E-state index in [-0.39, 0.29) is 5.69 Å². The van der Waals surface area contributed by atoms with Crippen LogP contribution in [0, 0.1) is 17.5 Å². The van der Waals surface area contributed by atoms with Gasteiger partial charge in [0.25, 0.3) is 0 Å². The van der Waals surface area contributed by atoms with E-state index in [1.54, 1.807) is 18.2 Å². The summed E-state index contributed by atoms with van der Waals surface area (Å²) in [4.78, 5) is 0. The summed E-state index contributed by atoms with van der Waals surface area (Å²) in [5.74, 6) is -3.50. The lowest BCUT2D eigenvalue weighted by molar-refractivity contribution is 0.340. The zero-order valence-electron chi connectivity index (χ0n) is 10.7. The first kappa shape index (κ1) is 14.0. The molecule has 2 rings (SSSR count). The molecule has 0 aliphatic heterocycles. The molecule has 0 radical (unpaired) electrons. The number of hydrogen-bond donors (Lipinski definition) is 2. The summed E-state index contributed by atoms with van der Waals surface area (Å²) in [6.45, 7) is 2.28. The highest BCUT2D eigenvalue weighted by molar-refractivity contribution is 5.66. The first-order valence-corrected chi connectivity index (χ1v) is 5.94. The molecule has 0 aliphatic rings. The smallest absolute Gasteiger partial charge is 0.194 e. The molecule has 0 aromatic heterocycles. The fraction of sp³-hybridized carbons (Fsp3) is 0.143. The fourth-order valence-corrected chi connectivity index (χ4v) is 1.74. The second-order valence-corrected chi connectivity index (χ2v) is 4.10. The maximum Gasteiger partial charge on any atom is 0.194 e. The highest BCUT2D eigenvalue weighted by atomic mass is 19.2. The molecule has 106 valence electrons. The highest BCUT2D eigenvalue weighted by Gasteiger charge is 2.11. The average molecular weight is 282 g/mol. The Labute approximate surface area is 114 Å². The van der Waals surface area contributed by atoms with Crippen molar-refractivity contribution >= 4 is 17.1 Å². The third-order valence-electron chi connectivity index (χ3n) is 2.51. The number of halogens is 3. The minimum atomic E-state index is -1.50. The molecule has 0 heterocycles. The molecule has 0 aliphatic carbocycles. The molecule has 0 saturated heterocycles. The van der Waals surface area contributed by atoms with Crippen molar-refractivity contribution in [2.24, 2.45) is 0 Å². The molecule has 20 heavy (non-hydrogen) atoms. The van der Waals surface area contributed by atoms with Crippen molar-refractivity contribution < 1.29 is 17.9 Å². The Bertz CT molecular complexity index is 609. The molecular weight excluding hydrogens is 269 g/mol. The summed E-state index contributed by atoms with van der Waals surface area (Å²) in [6.07, 6.45) is 0. The first-order valence-electron chi connectivity index (χ1n) is 5.94. The summed E-state index contributed by atoms with van der Waals surface area (Å²) >= 11 is 0. The Kier molecular flexibility index (Phi) is 4.02. The van der Waals surface area contributed by atoms with Crippen LogP contribution in [0.4, 0.5) is 30.2 Å². The Hall–Kier alpha value is -2.37. The van der Waals surface area contributed by atoms with Crippen LogP contribution in [-0.2, 0) is 0 Å². The van der Waals surface area contributed by atoms with Crippen LogP contribution in [0.5, 0.6) is 5.75 Å². The van der Waals surface area contributed by atoms with E-state index in [1.165, 1.54) is 0 Å². The van der Waals surface area contributed by atoms with Crippen molar-refractivity contribution in [1.82, 2.24) is 0 Å². The molecule has 0 saturated carbocycles. The van der Waals surface area contributed by atoms with Gasteiger partial charge in [-0.1, -0.05) is 0 Å². The van der Waals surface area contributed by atoms with Gasteiger partial charge in [0.1, 0.15) is 5.75 Å². The molecule has 0 amide bonds. The lowest BCUT2D eigenvalue weighted by atomic mass is 10.2. The first-order chi connectivity index (χ1) is 9.49. The molecular formula is C14H13F3N2O. The number of benzene rings is 2. The van der Waals surface area contributed by atoms with Gasteiger partial charge >= 0.3 is 0 Å². The van der Waals surface area contributed by atoms with Gasteiger partial charge in [-0.25, -0.2) is 13.2 Å². The minimum Gasteiger partial charge on any atom is -0.494 e. The Morgan fingerprint density at radius 1 is 1.00 bits per heavy atom. The van der Waals surface area contributed by atoms with E-state index in [4.69, 9.17) is 10.5 Å². The van der Waals surface area contributed by atoms with E-state index in [9.17, 15) is 13.2 Å². The molecule has 3 N–H and O–H groups in total. The molecule has 0 bridgehead atoms. The number of ether oxygens (including phenoxy) is 1. The average Bonchev–Trinajstić information content (AvgIpc) is 2.35. The van der Waals surface area contributed by atoms with E-state index < -0.39 is 17.5 Å². The zero-order chi connectivity index (χ0) is 14.7. The third-order valence-corrected chi connectivity index (χ3v) is 2.51. The van der Waals surface area contributed by atoms with Crippen molar-refractivity contribution in [1.29, 1.82) is 0 Å². The molecule has 0 spiro atoms. The SMILES string of the molecule is CCOc1cc(N)cc(Nc2cc(F)c(F)c(F)c2)c1. The van der Waals surface area contributed by atoms with Gasteiger partial charge in [-0.3, -0.25) is 0 Å². The maximum absolute atomic E-state index is 13.1. The van der Waals surface area contributed by atoms with Gasteiger partial charge in [-0.15, -0.1) is 0 Å². The second-order valence-electron chi connectivity index (χ2n) is 4.10. The number of hydrogen-bond acceptors (Lipinski definition) is 3. The van der Waals surface area contributed by atoms with Gasteiger partial charge in [0.05, 0.1) is 6.61 Å². The van der Waals surface area contributed by atoms with Crippen molar-refractivity contribution in [2.75, 3.05) is 17.7 Å². The summed E-state index contributed by atoms with van der Waals surface area (Å²) in [6, 6.07) is 6.55. The van der Waals surface area contributed by atoms with Gasteiger partial charge < -0.3 is 15.8 Å². The Morgan fingerprint density at radius 2 is 1.60 bits per heavy atom. The summed E-state index contributed by atoms with van der Waals surface area (Å²) in [5, 5.41) is 2.75. The predicted octanol–water partition coefficient (Wildman–Crippen LogP) is 3.83. The largest absolute Gasteiger partial charge is 0.494 e. The number of anilines is 3. The molecule has 3 nitrogen and oxygen atoms in total. The van der Waals surface area contributed by atoms with Gasteiger partial charge in [-0.05, 0) is 13.0 Å². The molecule has 0 fully saturated rings. The van der Waals surface area contributed by atoms with Crippen LogP contribution in [0.25, 0.3) is 0 Å². The predicted molar refractivity (Wildman–Crippen MR) is 71.6 cm³/mol. The van der Waals surface area contributed by atoms with Gasteiger partial charge in [0, 0.05) is 41.3 Å². The van der Waals surface area contributed by atoms with Crippen molar-refractivity contribution in [3.8, 4) is 5.75 Å². The van der Waals surface area contributed by atoms with Crippen molar-refractivity contribution in [2.45, 2.75) is 6.92 Å². The van der Waals surface area contributed by atoms with Crippen LogP contribution in [0.3, 0.4) is 0 Å². The normalized spacial score (nSPS) is 10.4. The van der Waals surface area contributed by atoms with Crippen LogP contribution >= 0.6 is 0 Å². The lowest BCUT2D eigenvalue weighted by Gasteiger charge is -2.11. The Morgan fingerprint density at radius 3 is 2.20 bits per heavy atom. The van der Waals surface area contributed by atoms with E-state index in [0.29, 0.717) is 23.7 Å². The van der Waals surface area contributed by atoms with Gasteiger partial charge in [0.15, 0.2) is 17.5 Å². The maximum atomic E-state index is 13.1. The number of nitrogens with two attached hydrogens (primary N) is 1. The van der Waals surface area contributed by atoms with Crippen molar-refractivity contribution in [3.05, 3.63) is 47.8 Å². The number of nitrogens with one attached hydrogen (secondary N) is 1. The van der Waals surface area contributed by atoms with E-state index in [1.807, 2.05) is 6.92 Å². The summed E-state index contributed by atoms with van der Waals surface area (Å²) in [7, 11) is 0. The second kappa shape index (κ2) is 5.73. The van der Waals surface area contributed by atoms with Gasteiger partial charge in [-0.2, -0.15) is 0 Å². The minimum absolute atomic E-state index is 0.0782. The third kappa shape index (κ3) is 3.14. The van der Waals surface area contributed by atoms with Crippen LogP contribution in [0.1, 0.15) is 6.92 Å². The standard InChI is InChI=1S/C14H13F3N2O/c1-2-20-11-4-8(18)3-9(5-11)19-10-6-12(15)14(17)13(16)7-10/h3-7,19H,2,18H2,1H3. The monoisotopic (exact) mass is 282 g/mol. The molecule has 2 aromatic carbocycles. The van der Waals surface area contributed by atoms with Crippen molar-refractivity contribution in [3.63, 3.8) is 0 Å². The highest BCUT2D eigenvalue weighted by Crippen LogP contribution is 2.27. The quantitative estimate of drug-likeness (QED) is 0.662. The number of nitrogen functional groups attached to an aromatic ring is 1. The molecule has 2 aromatic rings. The molecule has 6 heteroatoms. The molecule has 0 unspecified atom stereocenters. The van der Waals surface area contributed by atoms with E-state index >= 15 is 0 Å². The summed E-state index contributed by atoms with van der Waals surface area (Å²) in [5.41, 5.74) is 6.69. The van der Waals surface area contributed by atoms with E-state index in [2.05, 4.69) is 5.32 Å². The number of rotatable bonds is 4. The fourth-order valence-electron chi connectivity index (χ4n) is 1.74. The van der Waals surface area contributed by atoms with Crippen LogP contribution in [0.2, 0.25) is 0 Å². The Balaban J connectivity index is 2.30. The van der Waals surface area contributed by atoms with Crippen LogP contribution in [-0.4, -0.2) is 6.61 Å². The van der Waals surface area contributed by atoms with E-state index in [0.717, 1.165) is 12.1 Å². The lowest BCUT2D eigenvalue weighted by Crippen LogP contribution is -1.99. The van der Waals surface area contributed by atoms with Crippen LogP contribution in [0.15, 0.2) is 30.3 Å². The zero-order valence-corrected chi connectivity index (χ0v) is 10.7. The topological polar surface area (TPSA) is 47.3 Å².